The summed E-state index contributed by atoms with van der Waals surface area (Å²) in [5.74, 6) is 1.09. The van der Waals surface area contributed by atoms with E-state index in [1.807, 2.05) is 0 Å². The zero-order chi connectivity index (χ0) is 14.7. The molecule has 21 heavy (non-hydrogen) atoms. The van der Waals surface area contributed by atoms with Gasteiger partial charge in [-0.3, -0.25) is 0 Å². The van der Waals surface area contributed by atoms with E-state index in [1.165, 1.54) is 49.8 Å². The number of ether oxygens (including phenoxy) is 1. The Bertz CT molecular complexity index is 476. The van der Waals surface area contributed by atoms with E-state index in [2.05, 4.69) is 37.4 Å². The van der Waals surface area contributed by atoms with Gasteiger partial charge >= 0.3 is 0 Å². The molecule has 0 radical (unpaired) electrons. The summed E-state index contributed by atoms with van der Waals surface area (Å²) < 4.78 is 5.62. The molecule has 0 aromatic heterocycles. The zero-order valence-electron chi connectivity index (χ0n) is 13.6. The molecule has 1 fully saturated rings. The smallest absolute Gasteiger partial charge is 0.122 e. The summed E-state index contributed by atoms with van der Waals surface area (Å²) in [6.07, 6.45) is 9.19. The van der Waals surface area contributed by atoms with E-state index >= 15 is 0 Å². The lowest BCUT2D eigenvalue weighted by molar-refractivity contribution is 0.254. The fraction of sp³-hybridized carbons (Fsp3) is 0.684. The molecule has 0 bridgehead atoms. The molecule has 116 valence electrons. The Morgan fingerprint density at radius 2 is 2.05 bits per heavy atom. The lowest BCUT2D eigenvalue weighted by atomic mass is 9.83. The van der Waals surface area contributed by atoms with Gasteiger partial charge in [0.05, 0.1) is 6.61 Å². The van der Waals surface area contributed by atoms with Crippen molar-refractivity contribution in [2.45, 2.75) is 64.8 Å². The van der Waals surface area contributed by atoms with Gasteiger partial charge in [0.2, 0.25) is 0 Å². The van der Waals surface area contributed by atoms with Crippen LogP contribution in [0.4, 0.5) is 0 Å². The Kier molecular flexibility index (Phi) is 4.54. The normalized spacial score (nSPS) is 21.0. The Morgan fingerprint density at radius 3 is 2.76 bits per heavy atom. The average molecular weight is 287 g/mol. The van der Waals surface area contributed by atoms with E-state index in [9.17, 15) is 0 Å². The molecule has 1 atom stereocenters. The topological polar surface area (TPSA) is 21.3 Å². The highest BCUT2D eigenvalue weighted by Gasteiger charge is 2.32. The number of fused-ring (bicyclic) bond motifs is 1. The maximum atomic E-state index is 5.62. The van der Waals surface area contributed by atoms with Crippen molar-refractivity contribution in [3.8, 4) is 5.75 Å². The number of benzene rings is 1. The molecule has 1 aliphatic carbocycles. The van der Waals surface area contributed by atoms with E-state index < -0.39 is 0 Å². The first kappa shape index (κ1) is 14.9. The van der Waals surface area contributed by atoms with Crippen molar-refractivity contribution in [3.05, 3.63) is 29.3 Å². The molecule has 1 unspecified atom stereocenters. The van der Waals surface area contributed by atoms with Crippen LogP contribution in [0, 0.1) is 5.41 Å². The van der Waals surface area contributed by atoms with E-state index in [0.717, 1.165) is 25.2 Å². The molecule has 2 aliphatic rings. The molecule has 0 saturated heterocycles. The zero-order valence-corrected chi connectivity index (χ0v) is 13.6. The second kappa shape index (κ2) is 6.39. The fourth-order valence-corrected chi connectivity index (χ4v) is 4.04. The number of hydrogen-bond acceptors (Lipinski definition) is 2. The minimum Gasteiger partial charge on any atom is -0.493 e. The largest absolute Gasteiger partial charge is 0.493 e. The van der Waals surface area contributed by atoms with Crippen molar-refractivity contribution in [2.75, 3.05) is 13.2 Å². The summed E-state index contributed by atoms with van der Waals surface area (Å²) in [4.78, 5) is 0. The van der Waals surface area contributed by atoms with Crippen LogP contribution in [0.5, 0.6) is 5.75 Å². The van der Waals surface area contributed by atoms with Gasteiger partial charge in [0.1, 0.15) is 5.75 Å². The highest BCUT2D eigenvalue weighted by Crippen LogP contribution is 2.41. The maximum Gasteiger partial charge on any atom is 0.122 e. The summed E-state index contributed by atoms with van der Waals surface area (Å²) in [5, 5.41) is 3.87. The van der Waals surface area contributed by atoms with Crippen molar-refractivity contribution < 1.29 is 4.74 Å². The Balaban J connectivity index is 1.67. The molecule has 0 amide bonds. The van der Waals surface area contributed by atoms with Gasteiger partial charge in [0, 0.05) is 19.0 Å². The Hall–Kier alpha value is -1.02. The van der Waals surface area contributed by atoms with Gasteiger partial charge in [-0.1, -0.05) is 38.8 Å². The summed E-state index contributed by atoms with van der Waals surface area (Å²) in [5.41, 5.74) is 3.39. The lowest BCUT2D eigenvalue weighted by Crippen LogP contribution is -2.34. The van der Waals surface area contributed by atoms with Crippen LogP contribution in [-0.4, -0.2) is 13.2 Å². The van der Waals surface area contributed by atoms with Gasteiger partial charge in [-0.05, 0) is 48.3 Å². The van der Waals surface area contributed by atoms with E-state index in [-0.39, 0.29) is 0 Å². The standard InChI is InChI=1S/C19H29NO/c1-3-17(20-14-19(4-2)10-5-6-11-19)15-7-8-18-16(13-15)9-12-21-18/h7-8,13,17,20H,3-6,9-12,14H2,1-2H3. The highest BCUT2D eigenvalue weighted by molar-refractivity contribution is 5.40. The second-order valence-electron chi connectivity index (χ2n) is 6.87. The maximum absolute atomic E-state index is 5.62. The third-order valence-corrected chi connectivity index (χ3v) is 5.66. The van der Waals surface area contributed by atoms with Crippen LogP contribution in [0.3, 0.4) is 0 Å². The summed E-state index contributed by atoms with van der Waals surface area (Å²) >= 11 is 0. The first-order chi connectivity index (χ1) is 10.3. The first-order valence-electron chi connectivity index (χ1n) is 8.75. The van der Waals surface area contributed by atoms with Gasteiger partial charge in [-0.25, -0.2) is 0 Å². The van der Waals surface area contributed by atoms with Crippen molar-refractivity contribution in [1.82, 2.24) is 5.32 Å². The molecular weight excluding hydrogens is 258 g/mol. The summed E-state index contributed by atoms with van der Waals surface area (Å²) in [6, 6.07) is 7.25. The van der Waals surface area contributed by atoms with E-state index in [4.69, 9.17) is 4.74 Å². The van der Waals surface area contributed by atoms with Crippen molar-refractivity contribution >= 4 is 0 Å². The number of hydrogen-bond donors (Lipinski definition) is 1. The summed E-state index contributed by atoms with van der Waals surface area (Å²) in [6.45, 7) is 6.67. The van der Waals surface area contributed by atoms with Crippen molar-refractivity contribution in [3.63, 3.8) is 0 Å². The number of nitrogens with one attached hydrogen (secondary N) is 1. The minimum absolute atomic E-state index is 0.486. The van der Waals surface area contributed by atoms with Crippen LogP contribution < -0.4 is 10.1 Å². The first-order valence-corrected chi connectivity index (χ1v) is 8.75. The van der Waals surface area contributed by atoms with Crippen LogP contribution in [0.15, 0.2) is 18.2 Å². The van der Waals surface area contributed by atoms with Crippen molar-refractivity contribution in [1.29, 1.82) is 0 Å². The average Bonchev–Trinajstić information content (AvgIpc) is 3.17. The molecule has 1 aromatic carbocycles. The van der Waals surface area contributed by atoms with Gasteiger partial charge < -0.3 is 10.1 Å². The molecule has 2 nitrogen and oxygen atoms in total. The Labute approximate surface area is 129 Å². The van der Waals surface area contributed by atoms with Crippen molar-refractivity contribution in [2.24, 2.45) is 5.41 Å². The Morgan fingerprint density at radius 1 is 1.24 bits per heavy atom. The van der Waals surface area contributed by atoms with Gasteiger partial charge in [-0.2, -0.15) is 0 Å². The molecular formula is C19H29NO. The summed E-state index contributed by atoms with van der Waals surface area (Å²) in [7, 11) is 0. The van der Waals surface area contributed by atoms with Gasteiger partial charge in [0.15, 0.2) is 0 Å². The van der Waals surface area contributed by atoms with E-state index in [1.54, 1.807) is 0 Å². The van der Waals surface area contributed by atoms with Crippen LogP contribution in [0.2, 0.25) is 0 Å². The van der Waals surface area contributed by atoms with Gasteiger partial charge in [-0.15, -0.1) is 0 Å². The fourth-order valence-electron chi connectivity index (χ4n) is 4.04. The molecule has 2 heteroatoms. The molecule has 1 aromatic rings. The minimum atomic E-state index is 0.486. The third kappa shape index (κ3) is 3.11. The molecule has 0 spiro atoms. The predicted octanol–water partition coefficient (Wildman–Crippen LogP) is 4.63. The monoisotopic (exact) mass is 287 g/mol. The SMILES string of the molecule is CCC(NCC1(CC)CCCC1)c1ccc2c(c1)CCO2. The molecule has 3 rings (SSSR count). The van der Waals surface area contributed by atoms with Crippen LogP contribution in [-0.2, 0) is 6.42 Å². The lowest BCUT2D eigenvalue weighted by Gasteiger charge is -2.30. The second-order valence-corrected chi connectivity index (χ2v) is 6.87. The third-order valence-electron chi connectivity index (χ3n) is 5.66. The predicted molar refractivity (Wildman–Crippen MR) is 87.9 cm³/mol. The van der Waals surface area contributed by atoms with Crippen LogP contribution >= 0.6 is 0 Å². The number of rotatable bonds is 6. The molecule has 1 N–H and O–H groups in total. The highest BCUT2D eigenvalue weighted by atomic mass is 16.5. The molecule has 1 aliphatic heterocycles. The quantitative estimate of drug-likeness (QED) is 0.823. The molecule has 1 heterocycles. The van der Waals surface area contributed by atoms with E-state index in [0.29, 0.717) is 11.5 Å². The van der Waals surface area contributed by atoms with Crippen LogP contribution in [0.25, 0.3) is 0 Å². The van der Waals surface area contributed by atoms with Crippen LogP contribution in [0.1, 0.15) is 69.5 Å². The molecule has 1 saturated carbocycles. The van der Waals surface area contributed by atoms with Gasteiger partial charge in [0.25, 0.3) is 0 Å².